The number of benzene rings is 1. The van der Waals surface area contributed by atoms with E-state index in [1.165, 1.54) is 0 Å². The number of carbonyl (C=O) groups excluding carboxylic acids is 2. The minimum Gasteiger partial charge on any atom is -0.438 e. The maximum Gasteiger partial charge on any atom is 0.242 e. The van der Waals surface area contributed by atoms with Crippen molar-refractivity contribution in [3.63, 3.8) is 0 Å². The van der Waals surface area contributed by atoms with Crippen LogP contribution < -0.4 is 0 Å². The maximum absolute atomic E-state index is 12.9. The average Bonchev–Trinajstić information content (AvgIpc) is 3.07. The fourth-order valence-electron chi connectivity index (χ4n) is 3.80. The van der Waals surface area contributed by atoms with Crippen LogP contribution in [0.3, 0.4) is 0 Å². The Bertz CT molecular complexity index is 752. The molecule has 3 heterocycles. The van der Waals surface area contributed by atoms with Crippen LogP contribution in [0.15, 0.2) is 28.7 Å². The minimum atomic E-state index is -0.131. The normalized spacial score (nSPS) is 21.8. The van der Waals surface area contributed by atoms with Gasteiger partial charge in [0.15, 0.2) is 5.58 Å². The molecule has 2 amide bonds. The Morgan fingerprint density at radius 2 is 2.00 bits per heavy atom. The molecule has 6 nitrogen and oxygen atoms in total. The Hall–Kier alpha value is -2.37. The van der Waals surface area contributed by atoms with Gasteiger partial charge in [0.05, 0.1) is 6.54 Å². The molecule has 25 heavy (non-hydrogen) atoms. The van der Waals surface area contributed by atoms with Gasteiger partial charge in [0.2, 0.25) is 17.7 Å². The van der Waals surface area contributed by atoms with Crippen molar-refractivity contribution in [2.75, 3.05) is 19.6 Å². The summed E-state index contributed by atoms with van der Waals surface area (Å²) in [5.41, 5.74) is 1.57. The summed E-state index contributed by atoms with van der Waals surface area (Å²) in [5.74, 6) is 0.705. The van der Waals surface area contributed by atoms with Crippen LogP contribution in [0.25, 0.3) is 11.1 Å². The second-order valence-electron chi connectivity index (χ2n) is 6.89. The van der Waals surface area contributed by atoms with Gasteiger partial charge in [0.25, 0.3) is 0 Å². The Labute approximate surface area is 146 Å². The van der Waals surface area contributed by atoms with Crippen LogP contribution in [0.4, 0.5) is 0 Å². The van der Waals surface area contributed by atoms with Crippen molar-refractivity contribution in [1.29, 1.82) is 0 Å². The third-order valence-corrected chi connectivity index (χ3v) is 5.17. The van der Waals surface area contributed by atoms with Gasteiger partial charge in [-0.2, -0.15) is 0 Å². The number of rotatable bonds is 3. The number of aromatic nitrogens is 1. The smallest absolute Gasteiger partial charge is 0.242 e. The highest BCUT2D eigenvalue weighted by atomic mass is 16.3. The highest BCUT2D eigenvalue weighted by Crippen LogP contribution is 2.32. The first-order valence-corrected chi connectivity index (χ1v) is 9.15. The lowest BCUT2D eigenvalue weighted by Crippen LogP contribution is -2.47. The first kappa shape index (κ1) is 16.1. The summed E-state index contributed by atoms with van der Waals surface area (Å²) in [4.78, 5) is 33.0. The molecular weight excluding hydrogens is 318 g/mol. The van der Waals surface area contributed by atoms with Crippen LogP contribution in [0.2, 0.25) is 0 Å². The molecule has 2 fully saturated rings. The molecule has 1 atom stereocenters. The fourth-order valence-corrected chi connectivity index (χ4v) is 3.80. The number of fused-ring (bicyclic) bond motifs is 1. The molecule has 2 aliphatic rings. The van der Waals surface area contributed by atoms with Gasteiger partial charge in [-0.15, -0.1) is 0 Å². The number of amides is 2. The topological polar surface area (TPSA) is 66.7 Å². The third kappa shape index (κ3) is 3.25. The second-order valence-corrected chi connectivity index (χ2v) is 6.89. The summed E-state index contributed by atoms with van der Waals surface area (Å²) >= 11 is 0. The van der Waals surface area contributed by atoms with Gasteiger partial charge >= 0.3 is 0 Å². The minimum absolute atomic E-state index is 0.00204. The van der Waals surface area contributed by atoms with Crippen LogP contribution in [-0.2, 0) is 9.59 Å². The molecule has 0 aliphatic carbocycles. The van der Waals surface area contributed by atoms with Gasteiger partial charge < -0.3 is 14.2 Å². The van der Waals surface area contributed by atoms with E-state index in [1.54, 1.807) is 4.90 Å². The van der Waals surface area contributed by atoms with Crippen molar-refractivity contribution in [3.8, 4) is 0 Å². The SMILES string of the molecule is O=C1CCCCN1CC(=O)N1CCCC[C@@H]1c1nc2ccccc2o1. The molecule has 0 N–H and O–H groups in total. The number of hydrogen-bond acceptors (Lipinski definition) is 4. The quantitative estimate of drug-likeness (QED) is 0.861. The Kier molecular flexibility index (Phi) is 4.42. The van der Waals surface area contributed by atoms with E-state index in [0.29, 0.717) is 25.4 Å². The van der Waals surface area contributed by atoms with E-state index in [2.05, 4.69) is 4.98 Å². The highest BCUT2D eigenvalue weighted by molar-refractivity contribution is 5.85. The number of nitrogens with zero attached hydrogens (tertiary/aromatic N) is 3. The van der Waals surface area contributed by atoms with Gasteiger partial charge in [0, 0.05) is 19.5 Å². The van der Waals surface area contributed by atoms with Crippen molar-refractivity contribution in [2.24, 2.45) is 0 Å². The van der Waals surface area contributed by atoms with Gasteiger partial charge in [-0.25, -0.2) is 4.98 Å². The Balaban J connectivity index is 1.53. The van der Waals surface area contributed by atoms with Crippen molar-refractivity contribution in [3.05, 3.63) is 30.2 Å². The molecule has 132 valence electrons. The Morgan fingerprint density at radius 3 is 2.84 bits per heavy atom. The molecule has 6 heteroatoms. The molecular formula is C19H23N3O3. The van der Waals surface area contributed by atoms with E-state index in [0.717, 1.165) is 43.2 Å². The molecule has 0 spiro atoms. The number of carbonyl (C=O) groups is 2. The van der Waals surface area contributed by atoms with E-state index in [-0.39, 0.29) is 24.4 Å². The van der Waals surface area contributed by atoms with Crippen LogP contribution in [-0.4, -0.2) is 46.2 Å². The molecule has 4 rings (SSSR count). The van der Waals surface area contributed by atoms with Gasteiger partial charge in [0.1, 0.15) is 11.6 Å². The van der Waals surface area contributed by atoms with E-state index >= 15 is 0 Å². The molecule has 0 radical (unpaired) electrons. The standard InChI is InChI=1S/C19H23N3O3/c23-17-10-4-5-11-21(17)13-18(24)22-12-6-3-8-15(22)19-20-14-7-1-2-9-16(14)25-19/h1-2,7,9,15H,3-6,8,10-13H2/t15-/m1/s1. The lowest BCUT2D eigenvalue weighted by atomic mass is 10.0. The molecule has 2 aliphatic heterocycles. The zero-order valence-electron chi connectivity index (χ0n) is 14.3. The molecule has 0 saturated carbocycles. The molecule has 1 aromatic carbocycles. The fraction of sp³-hybridized carbons (Fsp3) is 0.526. The van der Waals surface area contributed by atoms with E-state index in [9.17, 15) is 9.59 Å². The molecule has 0 unspecified atom stereocenters. The van der Waals surface area contributed by atoms with E-state index in [1.807, 2.05) is 29.2 Å². The molecule has 2 saturated heterocycles. The maximum atomic E-state index is 12.9. The van der Waals surface area contributed by atoms with Crippen molar-refractivity contribution in [1.82, 2.24) is 14.8 Å². The Morgan fingerprint density at radius 1 is 1.16 bits per heavy atom. The average molecular weight is 341 g/mol. The lowest BCUT2D eigenvalue weighted by molar-refractivity contribution is -0.144. The van der Waals surface area contributed by atoms with Crippen LogP contribution >= 0.6 is 0 Å². The first-order valence-electron chi connectivity index (χ1n) is 9.15. The van der Waals surface area contributed by atoms with Gasteiger partial charge in [-0.3, -0.25) is 9.59 Å². The first-order chi connectivity index (χ1) is 12.2. The monoisotopic (exact) mass is 341 g/mol. The van der Waals surface area contributed by atoms with Crippen molar-refractivity contribution >= 4 is 22.9 Å². The van der Waals surface area contributed by atoms with Crippen LogP contribution in [0.5, 0.6) is 0 Å². The second kappa shape index (κ2) is 6.86. The summed E-state index contributed by atoms with van der Waals surface area (Å²) in [6, 6.07) is 7.54. The van der Waals surface area contributed by atoms with Crippen molar-refractivity contribution in [2.45, 2.75) is 44.6 Å². The number of para-hydroxylation sites is 2. The zero-order chi connectivity index (χ0) is 17.2. The highest BCUT2D eigenvalue weighted by Gasteiger charge is 2.33. The molecule has 0 bridgehead atoms. The van der Waals surface area contributed by atoms with Gasteiger partial charge in [-0.1, -0.05) is 12.1 Å². The summed E-state index contributed by atoms with van der Waals surface area (Å²) in [6.45, 7) is 1.56. The summed E-state index contributed by atoms with van der Waals surface area (Å²) in [5, 5.41) is 0. The van der Waals surface area contributed by atoms with E-state index < -0.39 is 0 Å². The zero-order valence-corrected chi connectivity index (χ0v) is 14.3. The van der Waals surface area contributed by atoms with Crippen molar-refractivity contribution < 1.29 is 14.0 Å². The van der Waals surface area contributed by atoms with Gasteiger partial charge in [-0.05, 0) is 44.2 Å². The number of likely N-dealkylation sites (tertiary alicyclic amines) is 2. The van der Waals surface area contributed by atoms with Crippen LogP contribution in [0.1, 0.15) is 50.5 Å². The summed E-state index contributed by atoms with van der Waals surface area (Å²) in [7, 11) is 0. The number of hydrogen-bond donors (Lipinski definition) is 0. The number of oxazole rings is 1. The lowest BCUT2D eigenvalue weighted by Gasteiger charge is -2.36. The third-order valence-electron chi connectivity index (χ3n) is 5.17. The van der Waals surface area contributed by atoms with E-state index in [4.69, 9.17) is 4.42 Å². The molecule has 2 aromatic rings. The summed E-state index contributed by atoms with van der Waals surface area (Å²) in [6.07, 6.45) is 5.35. The predicted octanol–water partition coefficient (Wildman–Crippen LogP) is 2.89. The largest absolute Gasteiger partial charge is 0.438 e. The predicted molar refractivity (Wildman–Crippen MR) is 92.7 cm³/mol. The number of piperidine rings is 2. The molecule has 1 aromatic heterocycles. The van der Waals surface area contributed by atoms with Crippen LogP contribution in [0, 0.1) is 0 Å². The summed E-state index contributed by atoms with van der Waals surface area (Å²) < 4.78 is 5.91.